The molecule has 23 heavy (non-hydrogen) atoms. The van der Waals surface area contributed by atoms with Gasteiger partial charge >= 0.3 is 0 Å². The number of pyridine rings is 2. The van der Waals surface area contributed by atoms with Gasteiger partial charge in [-0.3, -0.25) is 0 Å². The van der Waals surface area contributed by atoms with Gasteiger partial charge < -0.3 is 9.40 Å². The predicted molar refractivity (Wildman–Crippen MR) is 90.6 cm³/mol. The maximum Gasteiger partial charge on any atom is 0.141 e. The van der Waals surface area contributed by atoms with E-state index in [-0.39, 0.29) is 0 Å². The lowest BCUT2D eigenvalue weighted by molar-refractivity contribution is 0.331. The fourth-order valence-electron chi connectivity index (χ4n) is 2.20. The van der Waals surface area contributed by atoms with Gasteiger partial charge in [-0.25, -0.2) is 15.4 Å². The van der Waals surface area contributed by atoms with Crippen molar-refractivity contribution in [3.8, 4) is 11.8 Å². The SMILES string of the molecule is C=CONc1cnc2c(c1)c(C#Cc1ccc(C)cn1)cn2C. The number of anilines is 1. The molecule has 0 saturated carbocycles. The fraction of sp³-hybridized carbons (Fsp3) is 0.111. The smallest absolute Gasteiger partial charge is 0.141 e. The zero-order chi connectivity index (χ0) is 16.2. The van der Waals surface area contributed by atoms with Gasteiger partial charge in [0.25, 0.3) is 0 Å². The van der Waals surface area contributed by atoms with Crippen molar-refractivity contribution >= 4 is 16.7 Å². The topological polar surface area (TPSA) is 52.0 Å². The number of rotatable bonds is 3. The quantitative estimate of drug-likeness (QED) is 0.459. The summed E-state index contributed by atoms with van der Waals surface area (Å²) in [5.41, 5.74) is 7.09. The average molecular weight is 304 g/mol. The maximum atomic E-state index is 4.98. The van der Waals surface area contributed by atoms with Crippen molar-refractivity contribution in [2.75, 3.05) is 5.48 Å². The molecule has 0 atom stereocenters. The van der Waals surface area contributed by atoms with Crippen LogP contribution in [0.5, 0.6) is 0 Å². The molecular weight excluding hydrogens is 288 g/mol. The van der Waals surface area contributed by atoms with E-state index in [1.807, 2.05) is 49.1 Å². The molecule has 5 nitrogen and oxygen atoms in total. The molecule has 0 aliphatic heterocycles. The van der Waals surface area contributed by atoms with Crippen LogP contribution in [0.3, 0.4) is 0 Å². The minimum atomic E-state index is 0.736. The summed E-state index contributed by atoms with van der Waals surface area (Å²) in [6, 6.07) is 5.85. The first-order valence-corrected chi connectivity index (χ1v) is 7.09. The summed E-state index contributed by atoms with van der Waals surface area (Å²) < 4.78 is 1.94. The van der Waals surface area contributed by atoms with Crippen LogP contribution in [-0.2, 0) is 11.9 Å². The molecule has 3 heterocycles. The predicted octanol–water partition coefficient (Wildman–Crippen LogP) is 3.16. The van der Waals surface area contributed by atoms with Crippen LogP contribution in [0.4, 0.5) is 5.69 Å². The highest BCUT2D eigenvalue weighted by Crippen LogP contribution is 2.21. The van der Waals surface area contributed by atoms with Crippen molar-refractivity contribution in [2.45, 2.75) is 6.92 Å². The molecular formula is C18H16N4O. The summed E-state index contributed by atoms with van der Waals surface area (Å²) in [4.78, 5) is 13.7. The Labute approximate surface area is 134 Å². The van der Waals surface area contributed by atoms with Crippen LogP contribution in [0.2, 0.25) is 0 Å². The summed E-state index contributed by atoms with van der Waals surface area (Å²) in [6.45, 7) is 5.49. The van der Waals surface area contributed by atoms with Gasteiger partial charge in [0.15, 0.2) is 0 Å². The van der Waals surface area contributed by atoms with E-state index in [2.05, 4.69) is 33.9 Å². The van der Waals surface area contributed by atoms with Gasteiger partial charge in [-0.15, -0.1) is 0 Å². The number of aryl methyl sites for hydroxylation is 2. The van der Waals surface area contributed by atoms with E-state index >= 15 is 0 Å². The second-order valence-corrected chi connectivity index (χ2v) is 5.11. The van der Waals surface area contributed by atoms with Crippen LogP contribution in [0.1, 0.15) is 16.8 Å². The van der Waals surface area contributed by atoms with E-state index in [1.165, 1.54) is 6.26 Å². The summed E-state index contributed by atoms with van der Waals surface area (Å²) in [5, 5.41) is 0.949. The molecule has 0 spiro atoms. The lowest BCUT2D eigenvalue weighted by Gasteiger charge is -2.03. The number of nitrogens with zero attached hydrogens (tertiary/aromatic N) is 3. The molecule has 0 aliphatic rings. The second-order valence-electron chi connectivity index (χ2n) is 5.11. The third-order valence-corrected chi connectivity index (χ3v) is 3.31. The summed E-state index contributed by atoms with van der Waals surface area (Å²) in [7, 11) is 1.94. The van der Waals surface area contributed by atoms with Crippen molar-refractivity contribution in [3.63, 3.8) is 0 Å². The molecule has 0 unspecified atom stereocenters. The Hall–Kier alpha value is -3.26. The molecule has 0 fully saturated rings. The zero-order valence-electron chi connectivity index (χ0n) is 13.0. The van der Waals surface area contributed by atoms with Crippen LogP contribution < -0.4 is 5.48 Å². The number of aromatic nitrogens is 3. The van der Waals surface area contributed by atoms with E-state index in [0.717, 1.165) is 33.5 Å². The zero-order valence-corrected chi connectivity index (χ0v) is 13.0. The van der Waals surface area contributed by atoms with Crippen LogP contribution in [0, 0.1) is 18.8 Å². The maximum absolute atomic E-state index is 4.98. The molecule has 0 aliphatic carbocycles. The normalized spacial score (nSPS) is 10.0. The van der Waals surface area contributed by atoms with Gasteiger partial charge in [-0.05, 0) is 30.5 Å². The minimum Gasteiger partial charge on any atom is -0.391 e. The molecule has 0 radical (unpaired) electrons. The largest absolute Gasteiger partial charge is 0.391 e. The highest BCUT2D eigenvalue weighted by Gasteiger charge is 2.07. The first-order chi connectivity index (χ1) is 11.2. The van der Waals surface area contributed by atoms with Crippen molar-refractivity contribution in [2.24, 2.45) is 7.05 Å². The minimum absolute atomic E-state index is 0.736. The Morgan fingerprint density at radius 3 is 2.87 bits per heavy atom. The summed E-state index contributed by atoms with van der Waals surface area (Å²) >= 11 is 0. The van der Waals surface area contributed by atoms with Crippen molar-refractivity contribution in [1.82, 2.24) is 14.5 Å². The van der Waals surface area contributed by atoms with Crippen molar-refractivity contribution < 1.29 is 4.84 Å². The average Bonchev–Trinajstić information content (AvgIpc) is 2.88. The van der Waals surface area contributed by atoms with E-state index < -0.39 is 0 Å². The Morgan fingerprint density at radius 2 is 2.13 bits per heavy atom. The molecule has 1 N–H and O–H groups in total. The van der Waals surface area contributed by atoms with Gasteiger partial charge in [0.2, 0.25) is 0 Å². The highest BCUT2D eigenvalue weighted by molar-refractivity contribution is 5.86. The van der Waals surface area contributed by atoms with Crippen molar-refractivity contribution in [1.29, 1.82) is 0 Å². The van der Waals surface area contributed by atoms with Crippen LogP contribution in [0.25, 0.3) is 11.0 Å². The summed E-state index contributed by atoms with van der Waals surface area (Å²) in [6.07, 6.45) is 6.78. The Balaban J connectivity index is 2.00. The van der Waals surface area contributed by atoms with Crippen LogP contribution >= 0.6 is 0 Å². The molecule has 3 aromatic rings. The Morgan fingerprint density at radius 1 is 1.26 bits per heavy atom. The van der Waals surface area contributed by atoms with Crippen molar-refractivity contribution in [3.05, 3.63) is 66.5 Å². The monoisotopic (exact) mass is 304 g/mol. The molecule has 0 aromatic carbocycles. The second kappa shape index (κ2) is 6.24. The molecule has 0 saturated heterocycles. The third kappa shape index (κ3) is 3.16. The summed E-state index contributed by atoms with van der Waals surface area (Å²) in [5.74, 6) is 6.25. The van der Waals surface area contributed by atoms with Crippen LogP contribution in [0.15, 0.2) is 49.6 Å². The fourth-order valence-corrected chi connectivity index (χ4v) is 2.20. The molecule has 114 valence electrons. The first kappa shape index (κ1) is 14.7. The van der Waals surface area contributed by atoms with E-state index in [1.54, 1.807) is 6.20 Å². The molecule has 0 amide bonds. The van der Waals surface area contributed by atoms with Gasteiger partial charge in [0.05, 0.1) is 17.4 Å². The first-order valence-electron chi connectivity index (χ1n) is 7.09. The third-order valence-electron chi connectivity index (χ3n) is 3.31. The Bertz CT molecular complexity index is 914. The van der Waals surface area contributed by atoms with Gasteiger partial charge in [-0.1, -0.05) is 18.6 Å². The lowest BCUT2D eigenvalue weighted by Crippen LogP contribution is -1.96. The Kier molecular flexibility index (Phi) is 3.98. The number of nitrogens with one attached hydrogen (secondary N) is 1. The highest BCUT2D eigenvalue weighted by atomic mass is 16.6. The van der Waals surface area contributed by atoms with Crippen LogP contribution in [-0.4, -0.2) is 14.5 Å². The standard InChI is InChI=1S/C18H16N4O/c1-4-23-21-16-9-17-14(12-22(3)18(17)20-11-16)6-8-15-7-5-13(2)10-19-15/h4-5,7,9-12,21H,1H2,2-3H3. The molecule has 5 heteroatoms. The van der Waals surface area contributed by atoms with Gasteiger partial charge in [0.1, 0.15) is 17.6 Å². The lowest BCUT2D eigenvalue weighted by atomic mass is 10.2. The van der Waals surface area contributed by atoms with E-state index in [0.29, 0.717) is 0 Å². The van der Waals surface area contributed by atoms with E-state index in [4.69, 9.17) is 4.84 Å². The van der Waals surface area contributed by atoms with Gasteiger partial charge in [-0.2, -0.15) is 0 Å². The molecule has 3 aromatic heterocycles. The molecule has 3 rings (SSSR count). The number of fused-ring (bicyclic) bond motifs is 1. The number of hydrogen-bond donors (Lipinski definition) is 1. The van der Waals surface area contributed by atoms with Gasteiger partial charge in [0, 0.05) is 24.8 Å². The van der Waals surface area contributed by atoms with E-state index in [9.17, 15) is 0 Å². The number of hydrogen-bond acceptors (Lipinski definition) is 4. The molecule has 0 bridgehead atoms.